The van der Waals surface area contributed by atoms with Crippen molar-refractivity contribution in [2.75, 3.05) is 0 Å². The lowest BCUT2D eigenvalue weighted by molar-refractivity contribution is 0.537. The third-order valence-corrected chi connectivity index (χ3v) is 4.55. The highest BCUT2D eigenvalue weighted by molar-refractivity contribution is 7.79. The SMILES string of the molecule is CCCCCCCCCCCCc1cccc(S(=O)[O-])c1. The fraction of sp³-hybridized carbons (Fsp3) is 0.667. The molecule has 0 aromatic heterocycles. The Bertz CT molecular complexity index is 404. The van der Waals surface area contributed by atoms with Crippen LogP contribution in [0.15, 0.2) is 29.2 Å². The normalized spacial score (nSPS) is 12.5. The summed E-state index contributed by atoms with van der Waals surface area (Å²) in [6.45, 7) is 2.25. The molecule has 1 aromatic rings. The third kappa shape index (κ3) is 9.05. The summed E-state index contributed by atoms with van der Waals surface area (Å²) >= 11 is -2.10. The smallest absolute Gasteiger partial charge is 0.0251 e. The maximum atomic E-state index is 10.9. The van der Waals surface area contributed by atoms with Crippen LogP contribution in [0.2, 0.25) is 0 Å². The molecule has 0 fully saturated rings. The number of rotatable bonds is 12. The summed E-state index contributed by atoms with van der Waals surface area (Å²) in [5, 5.41) is 0. The lowest BCUT2D eigenvalue weighted by Gasteiger charge is -2.07. The molecule has 0 saturated carbocycles. The van der Waals surface area contributed by atoms with Crippen LogP contribution in [0.3, 0.4) is 0 Å². The quantitative estimate of drug-likeness (QED) is 0.384. The largest absolute Gasteiger partial charge is 0.768 e. The van der Waals surface area contributed by atoms with E-state index in [2.05, 4.69) is 6.92 Å². The molecule has 1 aromatic carbocycles. The van der Waals surface area contributed by atoms with Gasteiger partial charge in [-0.1, -0.05) is 76.8 Å². The van der Waals surface area contributed by atoms with Gasteiger partial charge >= 0.3 is 0 Å². The lowest BCUT2D eigenvalue weighted by Crippen LogP contribution is -1.92. The first-order valence-corrected chi connectivity index (χ1v) is 9.49. The average molecular weight is 309 g/mol. The third-order valence-electron chi connectivity index (χ3n) is 3.91. The molecule has 0 spiro atoms. The van der Waals surface area contributed by atoms with Crippen LogP contribution in [0.5, 0.6) is 0 Å². The molecule has 0 saturated heterocycles. The molecule has 1 atom stereocenters. The van der Waals surface area contributed by atoms with Crippen LogP contribution in [-0.4, -0.2) is 8.76 Å². The Balaban J connectivity index is 2.01. The molecule has 2 nitrogen and oxygen atoms in total. The molecule has 3 heteroatoms. The number of aryl methyl sites for hydroxylation is 1. The minimum absolute atomic E-state index is 0.402. The first-order valence-electron chi connectivity index (χ1n) is 8.42. The molecular formula is C18H29O2S-. The lowest BCUT2D eigenvalue weighted by atomic mass is 10.0. The van der Waals surface area contributed by atoms with E-state index in [1.165, 1.54) is 57.8 Å². The Labute approximate surface area is 132 Å². The Morgan fingerprint density at radius 1 is 0.905 bits per heavy atom. The van der Waals surface area contributed by atoms with Crippen molar-refractivity contribution in [2.24, 2.45) is 0 Å². The van der Waals surface area contributed by atoms with Gasteiger partial charge in [0.2, 0.25) is 0 Å². The highest BCUT2D eigenvalue weighted by atomic mass is 32.2. The Morgan fingerprint density at radius 2 is 1.48 bits per heavy atom. The van der Waals surface area contributed by atoms with Crippen LogP contribution in [0.1, 0.15) is 76.7 Å². The van der Waals surface area contributed by atoms with Crippen LogP contribution in [0.4, 0.5) is 0 Å². The second-order valence-electron chi connectivity index (χ2n) is 5.81. The average Bonchev–Trinajstić information content (AvgIpc) is 2.49. The van der Waals surface area contributed by atoms with E-state index in [1.807, 2.05) is 12.1 Å². The van der Waals surface area contributed by atoms with E-state index in [-0.39, 0.29) is 0 Å². The van der Waals surface area contributed by atoms with Gasteiger partial charge in [0, 0.05) is 4.90 Å². The molecule has 120 valence electrons. The summed E-state index contributed by atoms with van der Waals surface area (Å²) in [4.78, 5) is 0.402. The first-order chi connectivity index (χ1) is 10.2. The zero-order valence-electron chi connectivity index (χ0n) is 13.3. The van der Waals surface area contributed by atoms with Gasteiger partial charge in [-0.2, -0.15) is 0 Å². The van der Waals surface area contributed by atoms with Gasteiger partial charge < -0.3 is 4.55 Å². The molecular weight excluding hydrogens is 280 g/mol. The van der Waals surface area contributed by atoms with Gasteiger partial charge in [-0.25, -0.2) is 0 Å². The van der Waals surface area contributed by atoms with Gasteiger partial charge in [-0.05, 0) is 41.6 Å². The van der Waals surface area contributed by atoms with Gasteiger partial charge in [-0.3, -0.25) is 4.21 Å². The Hall–Kier alpha value is -0.670. The zero-order chi connectivity index (χ0) is 15.3. The Morgan fingerprint density at radius 3 is 2.05 bits per heavy atom. The molecule has 0 radical (unpaired) electrons. The highest BCUT2D eigenvalue weighted by Crippen LogP contribution is 2.14. The monoisotopic (exact) mass is 309 g/mol. The molecule has 0 aliphatic carbocycles. The minimum atomic E-state index is -2.10. The number of benzene rings is 1. The van der Waals surface area contributed by atoms with Crippen molar-refractivity contribution >= 4 is 11.1 Å². The van der Waals surface area contributed by atoms with Crippen molar-refractivity contribution in [3.05, 3.63) is 29.8 Å². The van der Waals surface area contributed by atoms with E-state index >= 15 is 0 Å². The summed E-state index contributed by atoms with van der Waals surface area (Å²) in [7, 11) is 0. The molecule has 0 N–H and O–H groups in total. The van der Waals surface area contributed by atoms with Crippen LogP contribution in [0.25, 0.3) is 0 Å². The van der Waals surface area contributed by atoms with E-state index in [1.54, 1.807) is 12.1 Å². The summed E-state index contributed by atoms with van der Waals surface area (Å²) in [6, 6.07) is 7.28. The zero-order valence-corrected chi connectivity index (χ0v) is 14.1. The maximum absolute atomic E-state index is 10.9. The summed E-state index contributed by atoms with van der Waals surface area (Å²) in [5.41, 5.74) is 1.14. The van der Waals surface area contributed by atoms with Gasteiger partial charge in [-0.15, -0.1) is 0 Å². The Kier molecular flexibility index (Phi) is 10.4. The molecule has 0 heterocycles. The summed E-state index contributed by atoms with van der Waals surface area (Å²) in [5.74, 6) is 0. The number of hydrogen-bond acceptors (Lipinski definition) is 2. The van der Waals surface area contributed by atoms with E-state index in [9.17, 15) is 8.76 Å². The van der Waals surface area contributed by atoms with Crippen molar-refractivity contribution in [2.45, 2.75) is 82.4 Å². The van der Waals surface area contributed by atoms with Crippen molar-refractivity contribution in [3.63, 3.8) is 0 Å². The maximum Gasteiger partial charge on any atom is 0.0251 e. The first kappa shape index (κ1) is 18.4. The van der Waals surface area contributed by atoms with E-state index in [0.717, 1.165) is 18.4 Å². The number of hydrogen-bond donors (Lipinski definition) is 0. The van der Waals surface area contributed by atoms with Crippen molar-refractivity contribution in [3.8, 4) is 0 Å². The van der Waals surface area contributed by atoms with Crippen molar-refractivity contribution in [1.82, 2.24) is 0 Å². The standard InChI is InChI=1S/C18H30O2S/c1-2-3-4-5-6-7-8-9-10-11-13-17-14-12-15-18(16-17)21(19)20/h12,14-16H,2-11,13H2,1H3,(H,19,20)/p-1. The van der Waals surface area contributed by atoms with Crippen LogP contribution < -0.4 is 0 Å². The van der Waals surface area contributed by atoms with E-state index in [4.69, 9.17) is 0 Å². The van der Waals surface area contributed by atoms with Crippen LogP contribution in [-0.2, 0) is 17.5 Å². The van der Waals surface area contributed by atoms with Gasteiger partial charge in [0.15, 0.2) is 0 Å². The molecule has 0 amide bonds. The second kappa shape index (κ2) is 11.9. The fourth-order valence-electron chi connectivity index (χ4n) is 2.62. The van der Waals surface area contributed by atoms with Crippen LogP contribution in [0, 0.1) is 0 Å². The van der Waals surface area contributed by atoms with Gasteiger partial charge in [0.05, 0.1) is 0 Å². The predicted octanol–water partition coefficient (Wildman–Crippen LogP) is 5.39. The van der Waals surface area contributed by atoms with Crippen LogP contribution >= 0.6 is 0 Å². The predicted molar refractivity (Wildman–Crippen MR) is 89.2 cm³/mol. The highest BCUT2D eigenvalue weighted by Gasteiger charge is 1.97. The molecule has 0 aliphatic heterocycles. The molecule has 1 rings (SSSR count). The van der Waals surface area contributed by atoms with Crippen molar-refractivity contribution < 1.29 is 8.76 Å². The second-order valence-corrected chi connectivity index (χ2v) is 6.75. The van der Waals surface area contributed by atoms with Gasteiger partial charge in [0.25, 0.3) is 0 Å². The topological polar surface area (TPSA) is 40.1 Å². The number of unbranched alkanes of at least 4 members (excludes halogenated alkanes) is 9. The van der Waals surface area contributed by atoms with E-state index < -0.39 is 11.1 Å². The van der Waals surface area contributed by atoms with E-state index in [0.29, 0.717) is 4.90 Å². The molecule has 0 aliphatic rings. The fourth-order valence-corrected chi connectivity index (χ4v) is 3.06. The molecule has 0 bridgehead atoms. The minimum Gasteiger partial charge on any atom is -0.768 e. The summed E-state index contributed by atoms with van der Waals surface area (Å²) < 4.78 is 21.8. The van der Waals surface area contributed by atoms with Gasteiger partial charge in [0.1, 0.15) is 0 Å². The molecule has 1 unspecified atom stereocenters. The summed E-state index contributed by atoms with van der Waals surface area (Å²) in [6.07, 6.45) is 14.3. The molecule has 21 heavy (non-hydrogen) atoms. The van der Waals surface area contributed by atoms with Crippen molar-refractivity contribution in [1.29, 1.82) is 0 Å².